The summed E-state index contributed by atoms with van der Waals surface area (Å²) in [6.07, 6.45) is 5.62. The molecule has 1 aromatic heterocycles. The summed E-state index contributed by atoms with van der Waals surface area (Å²) >= 11 is 6.20. The van der Waals surface area contributed by atoms with Crippen LogP contribution in [0.1, 0.15) is 31.0 Å². The molecule has 3 nitrogen and oxygen atoms in total. The Hall–Kier alpha value is -1.32. The Balaban J connectivity index is 1.98. The van der Waals surface area contributed by atoms with Crippen LogP contribution < -0.4 is 5.32 Å². The summed E-state index contributed by atoms with van der Waals surface area (Å²) in [4.78, 5) is 0. The van der Waals surface area contributed by atoms with Crippen LogP contribution in [-0.2, 0) is 20.0 Å². The third kappa shape index (κ3) is 2.89. The fourth-order valence-electron chi connectivity index (χ4n) is 2.52. The highest BCUT2D eigenvalue weighted by Gasteiger charge is 2.21. The molecule has 4 heteroatoms. The zero-order valence-electron chi connectivity index (χ0n) is 12.0. The molecule has 1 saturated carbocycles. The van der Waals surface area contributed by atoms with Crippen molar-refractivity contribution in [2.24, 2.45) is 7.05 Å². The Morgan fingerprint density at radius 2 is 2.15 bits per heavy atom. The third-order valence-electron chi connectivity index (χ3n) is 3.76. The van der Waals surface area contributed by atoms with E-state index in [2.05, 4.69) is 35.7 Å². The molecule has 3 rings (SSSR count). The maximum absolute atomic E-state index is 6.20. The van der Waals surface area contributed by atoms with E-state index in [9.17, 15) is 0 Å². The number of nitrogens with one attached hydrogen (secondary N) is 1. The number of hydrogen-bond donors (Lipinski definition) is 1. The average molecular weight is 290 g/mol. The Labute approximate surface area is 124 Å². The lowest BCUT2D eigenvalue weighted by Gasteiger charge is -2.11. The van der Waals surface area contributed by atoms with Crippen LogP contribution >= 0.6 is 11.6 Å². The van der Waals surface area contributed by atoms with E-state index in [-0.39, 0.29) is 0 Å². The maximum Gasteiger partial charge on any atom is 0.0700 e. The van der Waals surface area contributed by atoms with Crippen molar-refractivity contribution in [1.82, 2.24) is 15.1 Å². The van der Waals surface area contributed by atoms with Gasteiger partial charge in [0, 0.05) is 36.4 Å². The highest BCUT2D eigenvalue weighted by atomic mass is 35.5. The number of aryl methyl sites for hydroxylation is 2. The Kier molecular flexibility index (Phi) is 3.81. The summed E-state index contributed by atoms with van der Waals surface area (Å²) in [5.41, 5.74) is 4.83. The molecule has 2 aromatic rings. The van der Waals surface area contributed by atoms with Gasteiger partial charge in [0.2, 0.25) is 0 Å². The molecule has 106 valence electrons. The molecule has 1 fully saturated rings. The number of aromatic nitrogens is 2. The fourth-order valence-corrected chi connectivity index (χ4v) is 2.69. The molecular weight excluding hydrogens is 270 g/mol. The van der Waals surface area contributed by atoms with Crippen molar-refractivity contribution in [1.29, 1.82) is 0 Å². The first-order chi connectivity index (χ1) is 9.67. The molecule has 0 radical (unpaired) electrons. The third-order valence-corrected chi connectivity index (χ3v) is 4.00. The van der Waals surface area contributed by atoms with Crippen LogP contribution in [0.3, 0.4) is 0 Å². The smallest absolute Gasteiger partial charge is 0.0700 e. The molecule has 1 aliphatic carbocycles. The van der Waals surface area contributed by atoms with Gasteiger partial charge in [-0.1, -0.05) is 24.6 Å². The van der Waals surface area contributed by atoms with E-state index in [1.54, 1.807) is 0 Å². The molecule has 1 aliphatic rings. The molecule has 0 bridgehead atoms. The molecule has 1 N–H and O–H groups in total. The van der Waals surface area contributed by atoms with Crippen LogP contribution in [-0.4, -0.2) is 15.8 Å². The molecule has 1 aromatic carbocycles. The van der Waals surface area contributed by atoms with E-state index in [0.29, 0.717) is 6.04 Å². The van der Waals surface area contributed by atoms with Gasteiger partial charge in [0.25, 0.3) is 0 Å². The highest BCUT2D eigenvalue weighted by Crippen LogP contribution is 2.30. The second kappa shape index (κ2) is 5.58. The zero-order valence-corrected chi connectivity index (χ0v) is 12.7. The van der Waals surface area contributed by atoms with Crippen molar-refractivity contribution < 1.29 is 0 Å². The Morgan fingerprint density at radius 1 is 1.35 bits per heavy atom. The summed E-state index contributed by atoms with van der Waals surface area (Å²) in [5.74, 6) is 0. The van der Waals surface area contributed by atoms with Gasteiger partial charge in [0.1, 0.15) is 0 Å². The number of benzene rings is 1. The summed E-state index contributed by atoms with van der Waals surface area (Å²) in [7, 11) is 1.97. The fraction of sp³-hybridized carbons (Fsp3) is 0.438. The van der Waals surface area contributed by atoms with Crippen molar-refractivity contribution in [3.05, 3.63) is 40.7 Å². The summed E-state index contributed by atoms with van der Waals surface area (Å²) in [6, 6.07) is 6.86. The van der Waals surface area contributed by atoms with Gasteiger partial charge >= 0.3 is 0 Å². The Bertz CT molecular complexity index is 614. The van der Waals surface area contributed by atoms with Crippen molar-refractivity contribution in [2.45, 2.75) is 38.8 Å². The Morgan fingerprint density at radius 3 is 2.85 bits per heavy atom. The number of halogens is 1. The molecule has 0 amide bonds. The first-order valence-electron chi connectivity index (χ1n) is 7.22. The van der Waals surface area contributed by atoms with Crippen LogP contribution in [0.4, 0.5) is 0 Å². The van der Waals surface area contributed by atoms with Crippen LogP contribution in [0.2, 0.25) is 5.02 Å². The van der Waals surface area contributed by atoms with Crippen LogP contribution in [0.5, 0.6) is 0 Å². The van der Waals surface area contributed by atoms with Gasteiger partial charge in [-0.2, -0.15) is 5.10 Å². The molecule has 1 heterocycles. The van der Waals surface area contributed by atoms with E-state index >= 15 is 0 Å². The molecule has 0 spiro atoms. The first-order valence-corrected chi connectivity index (χ1v) is 7.60. The van der Waals surface area contributed by atoms with Gasteiger partial charge in [0.15, 0.2) is 0 Å². The van der Waals surface area contributed by atoms with E-state index in [0.717, 1.165) is 23.7 Å². The van der Waals surface area contributed by atoms with Gasteiger partial charge in [0.05, 0.1) is 5.69 Å². The lowest BCUT2D eigenvalue weighted by molar-refractivity contribution is 0.689. The van der Waals surface area contributed by atoms with Gasteiger partial charge in [-0.15, -0.1) is 0 Å². The number of hydrogen-bond acceptors (Lipinski definition) is 2. The van der Waals surface area contributed by atoms with E-state index < -0.39 is 0 Å². The van der Waals surface area contributed by atoms with Gasteiger partial charge in [-0.25, -0.2) is 0 Å². The van der Waals surface area contributed by atoms with Crippen LogP contribution in [0, 0.1) is 0 Å². The van der Waals surface area contributed by atoms with Gasteiger partial charge in [-0.05, 0) is 42.5 Å². The largest absolute Gasteiger partial charge is 0.310 e. The molecule has 0 aliphatic heterocycles. The molecule has 0 unspecified atom stereocenters. The van der Waals surface area contributed by atoms with Crippen LogP contribution in [0.25, 0.3) is 11.1 Å². The van der Waals surface area contributed by atoms with Crippen molar-refractivity contribution >= 4 is 11.6 Å². The molecule has 0 atom stereocenters. The normalized spacial score (nSPS) is 14.8. The van der Waals surface area contributed by atoms with Crippen molar-refractivity contribution in [2.75, 3.05) is 0 Å². The maximum atomic E-state index is 6.20. The number of nitrogens with zero attached hydrogens (tertiary/aromatic N) is 2. The lowest BCUT2D eigenvalue weighted by atomic mass is 9.99. The van der Waals surface area contributed by atoms with E-state index in [4.69, 9.17) is 11.6 Å². The quantitative estimate of drug-likeness (QED) is 0.912. The monoisotopic (exact) mass is 289 g/mol. The molecule has 20 heavy (non-hydrogen) atoms. The van der Waals surface area contributed by atoms with E-state index in [1.165, 1.54) is 29.5 Å². The minimum absolute atomic E-state index is 0.707. The van der Waals surface area contributed by atoms with E-state index in [1.807, 2.05) is 17.8 Å². The standard InChI is InChI=1S/C16H20ClN3/c1-3-16-15(10-20(2)19-16)14-8-12(17)5-4-11(14)9-18-13-6-7-13/h4-5,8,10,13,18H,3,6-7,9H2,1-2H3. The van der Waals surface area contributed by atoms with Gasteiger partial charge < -0.3 is 5.32 Å². The van der Waals surface area contributed by atoms with Gasteiger partial charge in [-0.3, -0.25) is 4.68 Å². The predicted octanol–water partition coefficient (Wildman–Crippen LogP) is 3.55. The highest BCUT2D eigenvalue weighted by molar-refractivity contribution is 6.30. The minimum Gasteiger partial charge on any atom is -0.310 e. The van der Waals surface area contributed by atoms with Crippen LogP contribution in [0.15, 0.2) is 24.4 Å². The van der Waals surface area contributed by atoms with Crippen molar-refractivity contribution in [3.63, 3.8) is 0 Å². The topological polar surface area (TPSA) is 29.9 Å². The summed E-state index contributed by atoms with van der Waals surface area (Å²) in [6.45, 7) is 3.04. The first kappa shape index (κ1) is 13.7. The average Bonchev–Trinajstić information content (AvgIpc) is 3.18. The second-order valence-corrected chi connectivity index (χ2v) is 5.91. The second-order valence-electron chi connectivity index (χ2n) is 5.47. The summed E-state index contributed by atoms with van der Waals surface area (Å²) < 4.78 is 1.88. The zero-order chi connectivity index (χ0) is 14.1. The lowest BCUT2D eigenvalue weighted by Crippen LogP contribution is -2.15. The SMILES string of the molecule is CCc1nn(C)cc1-c1cc(Cl)ccc1CNC1CC1. The predicted molar refractivity (Wildman–Crippen MR) is 82.9 cm³/mol. The molecule has 0 saturated heterocycles. The number of rotatable bonds is 5. The summed E-state index contributed by atoms with van der Waals surface area (Å²) in [5, 5.41) is 8.89. The molecular formula is C16H20ClN3. The van der Waals surface area contributed by atoms with Crippen molar-refractivity contribution in [3.8, 4) is 11.1 Å². The minimum atomic E-state index is 0.707.